The molecule has 132 valence electrons. The van der Waals surface area contributed by atoms with Crippen molar-refractivity contribution in [3.8, 4) is 16.9 Å². The maximum absolute atomic E-state index is 13.1. The number of imidazole rings is 1. The van der Waals surface area contributed by atoms with E-state index in [2.05, 4.69) is 10.3 Å². The molecule has 4 rings (SSSR count). The topological polar surface area (TPSA) is 70.1 Å². The quantitative estimate of drug-likeness (QED) is 0.759. The van der Waals surface area contributed by atoms with Gasteiger partial charge in [0.25, 0.3) is 5.91 Å². The monoisotopic (exact) mass is 348 g/mol. The molecule has 1 aliphatic rings. The van der Waals surface area contributed by atoms with Crippen LogP contribution >= 0.6 is 0 Å². The van der Waals surface area contributed by atoms with E-state index in [1.165, 1.54) is 0 Å². The van der Waals surface area contributed by atoms with Crippen LogP contribution in [0, 0.1) is 0 Å². The summed E-state index contributed by atoms with van der Waals surface area (Å²) in [7, 11) is 0. The first-order chi connectivity index (χ1) is 12.8. The number of benzene rings is 2. The van der Waals surface area contributed by atoms with Crippen molar-refractivity contribution in [3.63, 3.8) is 0 Å². The van der Waals surface area contributed by atoms with Crippen molar-refractivity contribution < 1.29 is 4.79 Å². The van der Waals surface area contributed by atoms with Crippen LogP contribution < -0.4 is 11.0 Å². The van der Waals surface area contributed by atoms with Crippen molar-refractivity contribution in [2.75, 3.05) is 26.2 Å². The van der Waals surface area contributed by atoms with Crippen molar-refractivity contribution in [2.24, 2.45) is 0 Å². The first kappa shape index (κ1) is 16.4. The van der Waals surface area contributed by atoms with Crippen molar-refractivity contribution in [1.82, 2.24) is 19.8 Å². The van der Waals surface area contributed by atoms with Gasteiger partial charge in [-0.3, -0.25) is 9.36 Å². The van der Waals surface area contributed by atoms with Crippen molar-refractivity contribution >= 4 is 5.91 Å². The number of carbonyl (C=O) groups excluding carboxylic acids is 1. The van der Waals surface area contributed by atoms with Gasteiger partial charge in [-0.05, 0) is 12.1 Å². The van der Waals surface area contributed by atoms with E-state index in [1.54, 1.807) is 9.47 Å². The fourth-order valence-electron chi connectivity index (χ4n) is 3.31. The number of nitrogens with zero attached hydrogens (tertiary/aromatic N) is 2. The zero-order chi connectivity index (χ0) is 17.9. The third-order valence-corrected chi connectivity index (χ3v) is 4.58. The highest BCUT2D eigenvalue weighted by molar-refractivity contribution is 5.98. The highest BCUT2D eigenvalue weighted by Gasteiger charge is 2.26. The Morgan fingerprint density at radius 2 is 1.50 bits per heavy atom. The zero-order valence-electron chi connectivity index (χ0n) is 14.3. The van der Waals surface area contributed by atoms with Gasteiger partial charge in [0.05, 0.1) is 11.4 Å². The molecule has 1 saturated heterocycles. The van der Waals surface area contributed by atoms with Crippen LogP contribution in [-0.2, 0) is 0 Å². The second-order valence-corrected chi connectivity index (χ2v) is 6.23. The van der Waals surface area contributed by atoms with Gasteiger partial charge in [-0.15, -0.1) is 0 Å². The van der Waals surface area contributed by atoms with E-state index in [0.717, 1.165) is 24.3 Å². The highest BCUT2D eigenvalue weighted by Crippen LogP contribution is 2.25. The minimum Gasteiger partial charge on any atom is -0.335 e. The van der Waals surface area contributed by atoms with Gasteiger partial charge in [-0.1, -0.05) is 48.5 Å². The molecular formula is C20H20N4O2. The van der Waals surface area contributed by atoms with Crippen LogP contribution in [-0.4, -0.2) is 46.5 Å². The third-order valence-electron chi connectivity index (χ3n) is 4.58. The van der Waals surface area contributed by atoms with Gasteiger partial charge in [0.15, 0.2) is 0 Å². The lowest BCUT2D eigenvalue weighted by molar-refractivity contribution is 0.0731. The van der Waals surface area contributed by atoms with Gasteiger partial charge in [0, 0.05) is 31.7 Å². The number of para-hydroxylation sites is 1. The lowest BCUT2D eigenvalue weighted by Gasteiger charge is -2.27. The van der Waals surface area contributed by atoms with Crippen LogP contribution in [0.5, 0.6) is 0 Å². The molecule has 1 aliphatic heterocycles. The van der Waals surface area contributed by atoms with Gasteiger partial charge < -0.3 is 15.2 Å². The number of rotatable bonds is 3. The second kappa shape index (κ2) is 7.01. The van der Waals surface area contributed by atoms with E-state index in [9.17, 15) is 9.59 Å². The van der Waals surface area contributed by atoms with Gasteiger partial charge in [0.1, 0.15) is 5.69 Å². The fraction of sp³-hybridized carbons (Fsp3) is 0.200. The molecule has 0 atom stereocenters. The first-order valence-corrected chi connectivity index (χ1v) is 8.71. The van der Waals surface area contributed by atoms with Crippen LogP contribution in [0.25, 0.3) is 16.9 Å². The predicted octanol–water partition coefficient (Wildman–Crippen LogP) is 1.88. The average molecular weight is 348 g/mol. The molecule has 0 spiro atoms. The van der Waals surface area contributed by atoms with Crippen LogP contribution in [0.15, 0.2) is 65.5 Å². The van der Waals surface area contributed by atoms with Gasteiger partial charge in [-0.25, -0.2) is 4.79 Å². The summed E-state index contributed by atoms with van der Waals surface area (Å²) < 4.78 is 1.57. The molecule has 0 radical (unpaired) electrons. The second-order valence-electron chi connectivity index (χ2n) is 6.23. The molecule has 0 saturated carbocycles. The molecule has 1 fully saturated rings. The number of hydrogen-bond acceptors (Lipinski definition) is 3. The number of H-pyrrole nitrogens is 1. The van der Waals surface area contributed by atoms with E-state index >= 15 is 0 Å². The van der Waals surface area contributed by atoms with Gasteiger partial charge in [-0.2, -0.15) is 0 Å². The number of carbonyl (C=O) groups is 1. The van der Waals surface area contributed by atoms with E-state index in [0.29, 0.717) is 24.5 Å². The summed E-state index contributed by atoms with van der Waals surface area (Å²) >= 11 is 0. The molecule has 0 bridgehead atoms. The maximum Gasteiger partial charge on any atom is 0.331 e. The molecular weight excluding hydrogens is 328 g/mol. The summed E-state index contributed by atoms with van der Waals surface area (Å²) in [6.45, 7) is 2.78. The average Bonchev–Trinajstić information content (AvgIpc) is 3.06. The van der Waals surface area contributed by atoms with Gasteiger partial charge >= 0.3 is 5.69 Å². The summed E-state index contributed by atoms with van der Waals surface area (Å²) in [5, 5.41) is 3.24. The maximum atomic E-state index is 13.1. The Kier molecular flexibility index (Phi) is 4.41. The lowest BCUT2D eigenvalue weighted by atomic mass is 10.1. The molecule has 3 aromatic rings. The molecule has 2 aromatic carbocycles. The van der Waals surface area contributed by atoms with Crippen molar-refractivity contribution in [3.05, 3.63) is 76.8 Å². The van der Waals surface area contributed by atoms with Crippen molar-refractivity contribution in [2.45, 2.75) is 0 Å². The molecule has 26 heavy (non-hydrogen) atoms. The Hall–Kier alpha value is -3.12. The molecule has 1 aromatic heterocycles. The Labute approximate surface area is 151 Å². The van der Waals surface area contributed by atoms with Crippen LogP contribution in [0.1, 0.15) is 10.5 Å². The van der Waals surface area contributed by atoms with E-state index in [1.807, 2.05) is 60.7 Å². The smallest absolute Gasteiger partial charge is 0.331 e. The molecule has 2 heterocycles. The number of amides is 1. The summed E-state index contributed by atoms with van der Waals surface area (Å²) in [5.74, 6) is -0.142. The predicted molar refractivity (Wildman–Crippen MR) is 101 cm³/mol. The van der Waals surface area contributed by atoms with Crippen LogP contribution in [0.3, 0.4) is 0 Å². The summed E-state index contributed by atoms with van der Waals surface area (Å²) in [4.78, 5) is 30.4. The molecule has 6 heteroatoms. The Bertz CT molecular complexity index is 954. The first-order valence-electron chi connectivity index (χ1n) is 8.71. The molecule has 2 N–H and O–H groups in total. The van der Waals surface area contributed by atoms with E-state index in [4.69, 9.17) is 0 Å². The Morgan fingerprint density at radius 3 is 2.15 bits per heavy atom. The number of hydrogen-bond donors (Lipinski definition) is 2. The van der Waals surface area contributed by atoms with Gasteiger partial charge in [0.2, 0.25) is 0 Å². The Morgan fingerprint density at radius 1 is 0.885 bits per heavy atom. The SMILES string of the molecule is O=C(c1[nH]c(=O)n(-c2ccccc2)c1-c1ccccc1)N1CCNCC1. The number of nitrogens with one attached hydrogen (secondary N) is 2. The van der Waals surface area contributed by atoms with Crippen LogP contribution in [0.4, 0.5) is 0 Å². The third kappa shape index (κ3) is 2.95. The van der Waals surface area contributed by atoms with Crippen LogP contribution in [0.2, 0.25) is 0 Å². The minimum atomic E-state index is -0.312. The summed E-state index contributed by atoms with van der Waals surface area (Å²) in [6.07, 6.45) is 0. The standard InChI is InChI=1S/C20H20N4O2/c25-19(23-13-11-21-12-14-23)17-18(15-7-3-1-4-8-15)24(20(26)22-17)16-9-5-2-6-10-16/h1-10,21H,11-14H2,(H,22,26). The number of piperazine rings is 1. The highest BCUT2D eigenvalue weighted by atomic mass is 16.2. The molecule has 6 nitrogen and oxygen atoms in total. The Balaban J connectivity index is 1.89. The lowest BCUT2D eigenvalue weighted by Crippen LogP contribution is -2.46. The molecule has 0 aliphatic carbocycles. The van der Waals surface area contributed by atoms with Crippen molar-refractivity contribution in [1.29, 1.82) is 0 Å². The minimum absolute atomic E-state index is 0.142. The molecule has 1 amide bonds. The normalized spacial score (nSPS) is 14.4. The number of aromatic amines is 1. The zero-order valence-corrected chi connectivity index (χ0v) is 14.3. The summed E-state index contributed by atoms with van der Waals surface area (Å²) in [6, 6.07) is 18.9. The fourth-order valence-corrected chi connectivity index (χ4v) is 3.31. The van der Waals surface area contributed by atoms with E-state index in [-0.39, 0.29) is 11.6 Å². The molecule has 0 unspecified atom stereocenters. The van der Waals surface area contributed by atoms with E-state index < -0.39 is 0 Å². The number of aromatic nitrogens is 2. The summed E-state index contributed by atoms with van der Waals surface area (Å²) in [5.41, 5.74) is 2.19. The largest absolute Gasteiger partial charge is 0.335 e.